The smallest absolute Gasteiger partial charge is 0.870 e. The monoisotopic (exact) mass is 609 g/mol. The number of benzene rings is 4. The molecule has 9 nitrogen and oxygen atoms in total. The minimum atomic E-state index is -4.50. The number of hydrogen-bond acceptors (Lipinski definition) is 7. The van der Waals surface area contributed by atoms with Crippen molar-refractivity contribution in [1.29, 1.82) is 0 Å². The SMILES string of the molecule is CCOc1cc(NC(=O)c2cc3ccccc3c(N=Nc3ccc(S(=O)(=O)O)c(CC)c3Cl)c2[O-])ccc1Cl.[Na+]. The number of azo groups is 1. The third kappa shape index (κ3) is 6.77. The van der Waals surface area contributed by atoms with Gasteiger partial charge < -0.3 is 15.2 Å². The molecule has 0 atom stereocenters. The van der Waals surface area contributed by atoms with Crippen molar-refractivity contribution in [3.05, 3.63) is 81.8 Å². The Kier molecular flexibility index (Phi) is 10.6. The number of nitrogens with one attached hydrogen (secondary N) is 1. The van der Waals surface area contributed by atoms with Gasteiger partial charge in [0.25, 0.3) is 16.0 Å². The fourth-order valence-electron chi connectivity index (χ4n) is 3.97. The molecule has 0 unspecified atom stereocenters. The van der Waals surface area contributed by atoms with Crippen LogP contribution < -0.4 is 44.7 Å². The summed E-state index contributed by atoms with van der Waals surface area (Å²) < 4.78 is 38.3. The van der Waals surface area contributed by atoms with Gasteiger partial charge in [0.15, 0.2) is 0 Å². The molecule has 4 aromatic rings. The van der Waals surface area contributed by atoms with E-state index in [1.54, 1.807) is 56.3 Å². The number of nitrogens with zero attached hydrogens (tertiary/aromatic N) is 2. The Bertz CT molecular complexity index is 1730. The maximum absolute atomic E-state index is 13.4. The van der Waals surface area contributed by atoms with Crippen molar-refractivity contribution in [2.24, 2.45) is 10.2 Å². The Hall–Kier alpha value is -2.70. The molecule has 0 bridgehead atoms. The Balaban J connectivity index is 0.00000441. The van der Waals surface area contributed by atoms with Crippen LogP contribution in [-0.4, -0.2) is 25.5 Å². The second kappa shape index (κ2) is 13.3. The maximum Gasteiger partial charge on any atom is 1.00 e. The number of rotatable bonds is 8. The van der Waals surface area contributed by atoms with E-state index < -0.39 is 21.8 Å². The molecule has 0 radical (unpaired) electrons. The second-order valence-corrected chi connectivity index (χ2v) is 10.4. The first-order chi connectivity index (χ1) is 18.5. The van der Waals surface area contributed by atoms with Crippen LogP contribution in [0.4, 0.5) is 17.1 Å². The van der Waals surface area contributed by atoms with E-state index in [1.807, 2.05) is 0 Å². The number of hydrogen-bond donors (Lipinski definition) is 2. The van der Waals surface area contributed by atoms with Gasteiger partial charge in [-0.2, -0.15) is 13.5 Å². The Morgan fingerprint density at radius 3 is 2.45 bits per heavy atom. The van der Waals surface area contributed by atoms with E-state index in [1.165, 1.54) is 12.1 Å². The van der Waals surface area contributed by atoms with Crippen LogP contribution in [-0.2, 0) is 16.5 Å². The summed E-state index contributed by atoms with van der Waals surface area (Å²) in [5, 5.41) is 25.7. The van der Waals surface area contributed by atoms with Gasteiger partial charge in [-0.15, -0.1) is 5.11 Å². The zero-order chi connectivity index (χ0) is 28.3. The fourth-order valence-corrected chi connectivity index (χ4v) is 5.33. The van der Waals surface area contributed by atoms with E-state index in [9.17, 15) is 22.9 Å². The topological polar surface area (TPSA) is 140 Å². The zero-order valence-corrected chi connectivity index (χ0v) is 26.1. The number of carbonyl (C=O) groups is 1. The number of carbonyl (C=O) groups excluding carboxylic acids is 1. The first-order valence-electron chi connectivity index (χ1n) is 11.7. The second-order valence-electron chi connectivity index (χ2n) is 8.26. The van der Waals surface area contributed by atoms with E-state index in [-0.39, 0.29) is 68.4 Å². The Morgan fingerprint density at radius 2 is 1.77 bits per heavy atom. The predicted molar refractivity (Wildman–Crippen MR) is 149 cm³/mol. The summed E-state index contributed by atoms with van der Waals surface area (Å²) >= 11 is 12.5. The van der Waals surface area contributed by atoms with Gasteiger partial charge in [-0.1, -0.05) is 60.1 Å². The van der Waals surface area contributed by atoms with Crippen molar-refractivity contribution in [3.63, 3.8) is 0 Å². The third-order valence-electron chi connectivity index (χ3n) is 5.78. The van der Waals surface area contributed by atoms with Crippen molar-refractivity contribution >= 4 is 67.1 Å². The number of fused-ring (bicyclic) bond motifs is 1. The van der Waals surface area contributed by atoms with Gasteiger partial charge in [0, 0.05) is 22.7 Å². The fraction of sp³-hybridized carbons (Fsp3) is 0.148. The zero-order valence-electron chi connectivity index (χ0n) is 21.7. The predicted octanol–water partition coefficient (Wildman–Crippen LogP) is 4.10. The molecule has 0 heterocycles. The van der Waals surface area contributed by atoms with Crippen LogP contribution in [0, 0.1) is 0 Å². The molecule has 0 fully saturated rings. The van der Waals surface area contributed by atoms with Crippen molar-refractivity contribution in [1.82, 2.24) is 0 Å². The van der Waals surface area contributed by atoms with E-state index in [0.29, 0.717) is 33.8 Å². The van der Waals surface area contributed by atoms with Crippen LogP contribution >= 0.6 is 23.2 Å². The molecule has 0 aliphatic carbocycles. The molecule has 4 aromatic carbocycles. The number of halogens is 2. The average molecular weight is 610 g/mol. The van der Waals surface area contributed by atoms with Crippen molar-refractivity contribution in [2.75, 3.05) is 11.9 Å². The van der Waals surface area contributed by atoms with Crippen LogP contribution in [0.25, 0.3) is 10.8 Å². The normalized spacial score (nSPS) is 11.4. The molecule has 0 aliphatic heterocycles. The summed E-state index contributed by atoms with van der Waals surface area (Å²) in [4.78, 5) is 12.8. The van der Waals surface area contributed by atoms with Gasteiger partial charge in [0.05, 0.1) is 27.2 Å². The van der Waals surface area contributed by atoms with Crippen molar-refractivity contribution < 1.29 is 57.2 Å². The van der Waals surface area contributed by atoms with Crippen molar-refractivity contribution in [3.8, 4) is 11.5 Å². The maximum atomic E-state index is 13.4. The van der Waals surface area contributed by atoms with Crippen LogP contribution in [0.3, 0.4) is 0 Å². The molecule has 0 saturated carbocycles. The average Bonchev–Trinajstić information content (AvgIpc) is 2.89. The number of anilines is 1. The van der Waals surface area contributed by atoms with Gasteiger partial charge in [0.1, 0.15) is 11.4 Å². The summed E-state index contributed by atoms with van der Waals surface area (Å²) in [6.07, 6.45) is 0.193. The standard InChI is InChI=1S/C27H23Cl2N3O6S.Na/c1-3-17-23(39(35,36)37)12-11-21(24(17)29)31-32-25-18-8-6-5-7-15(18)13-19(26(25)33)27(34)30-16-9-10-20(28)22(14-16)38-4-2;/h5-14,33H,3-4H2,1-2H3,(H,30,34)(H,35,36,37);/q;+1/p-1. The summed E-state index contributed by atoms with van der Waals surface area (Å²) in [5.74, 6) is -0.957. The van der Waals surface area contributed by atoms with Gasteiger partial charge in [-0.25, -0.2) is 0 Å². The molecule has 0 spiro atoms. The number of amides is 1. The minimum absolute atomic E-state index is 0. The first-order valence-corrected chi connectivity index (χ1v) is 13.9. The largest absolute Gasteiger partial charge is 1.00 e. The molecular formula is C27H22Cl2N3NaO6S. The van der Waals surface area contributed by atoms with Gasteiger partial charge in [-0.3, -0.25) is 9.35 Å². The third-order valence-corrected chi connectivity index (χ3v) is 7.45. The van der Waals surface area contributed by atoms with Crippen LogP contribution in [0.5, 0.6) is 11.5 Å². The van der Waals surface area contributed by atoms with Crippen LogP contribution in [0.2, 0.25) is 10.0 Å². The Labute approximate surface area is 263 Å². The quantitative estimate of drug-likeness (QED) is 0.175. The van der Waals surface area contributed by atoms with Crippen LogP contribution in [0.15, 0.2) is 75.8 Å². The van der Waals surface area contributed by atoms with E-state index >= 15 is 0 Å². The van der Waals surface area contributed by atoms with Crippen LogP contribution in [0.1, 0.15) is 29.8 Å². The molecule has 1 amide bonds. The molecule has 0 aliphatic rings. The molecule has 202 valence electrons. The molecule has 2 N–H and O–H groups in total. The molecular weight excluding hydrogens is 588 g/mol. The molecule has 40 heavy (non-hydrogen) atoms. The van der Waals surface area contributed by atoms with Crippen molar-refractivity contribution in [2.45, 2.75) is 25.2 Å². The van der Waals surface area contributed by atoms with Gasteiger partial charge in [0.2, 0.25) is 0 Å². The summed E-state index contributed by atoms with van der Waals surface area (Å²) in [6.45, 7) is 3.85. The summed E-state index contributed by atoms with van der Waals surface area (Å²) in [5.41, 5.74) is 0.352. The van der Waals surface area contributed by atoms with E-state index in [2.05, 4.69) is 15.5 Å². The minimum Gasteiger partial charge on any atom is -0.870 e. The first kappa shape index (κ1) is 31.8. The van der Waals surface area contributed by atoms with E-state index in [4.69, 9.17) is 27.9 Å². The van der Waals surface area contributed by atoms with Gasteiger partial charge in [-0.05, 0) is 54.6 Å². The van der Waals surface area contributed by atoms with E-state index in [0.717, 1.165) is 6.07 Å². The molecule has 13 heteroatoms. The summed E-state index contributed by atoms with van der Waals surface area (Å²) in [7, 11) is -4.50. The molecule has 0 saturated heterocycles. The molecule has 4 rings (SSSR count). The van der Waals surface area contributed by atoms with Gasteiger partial charge >= 0.3 is 29.6 Å². The number of ether oxygens (including phenoxy) is 1. The Morgan fingerprint density at radius 1 is 1.05 bits per heavy atom. The summed E-state index contributed by atoms with van der Waals surface area (Å²) in [6, 6.07) is 15.5. The molecule has 0 aromatic heterocycles.